The third kappa shape index (κ3) is 9.35. The van der Waals surface area contributed by atoms with E-state index in [4.69, 9.17) is 16.3 Å². The van der Waals surface area contributed by atoms with E-state index in [1.54, 1.807) is 26.6 Å². The molecule has 46 heavy (non-hydrogen) atoms. The zero-order valence-electron chi connectivity index (χ0n) is 27.8. The fraction of sp³-hybridized carbons (Fsp3) is 0.529. The van der Waals surface area contributed by atoms with Crippen LogP contribution in [-0.2, 0) is 4.57 Å². The van der Waals surface area contributed by atoms with Crippen molar-refractivity contribution in [3.8, 4) is 5.75 Å². The van der Waals surface area contributed by atoms with E-state index in [1.807, 2.05) is 30.3 Å². The first-order chi connectivity index (χ1) is 22.2. The molecule has 2 saturated heterocycles. The van der Waals surface area contributed by atoms with E-state index >= 15 is 0 Å². The summed E-state index contributed by atoms with van der Waals surface area (Å²) in [4.78, 5) is 19.3. The van der Waals surface area contributed by atoms with Crippen molar-refractivity contribution in [2.24, 2.45) is 0 Å². The van der Waals surface area contributed by atoms with Crippen molar-refractivity contribution in [3.63, 3.8) is 0 Å². The normalized spacial score (nSPS) is 16.8. The number of unbranched alkanes of at least 4 members (excludes halogenated alkanes) is 1. The molecule has 2 aromatic carbocycles. The second-order valence-corrected chi connectivity index (χ2v) is 16.2. The number of para-hydroxylation sites is 1. The van der Waals surface area contributed by atoms with Gasteiger partial charge in [0.15, 0.2) is 5.82 Å². The van der Waals surface area contributed by atoms with Crippen molar-refractivity contribution in [2.45, 2.75) is 26.2 Å². The topological polar surface area (TPSA) is 89.1 Å². The molecule has 0 radical (unpaired) electrons. The molecule has 2 N–H and O–H groups in total. The molecule has 0 bridgehead atoms. The molecular formula is C34H50ClN8O2P. The number of benzene rings is 2. The van der Waals surface area contributed by atoms with Crippen LogP contribution in [0, 0.1) is 0 Å². The van der Waals surface area contributed by atoms with E-state index in [1.165, 1.54) is 58.5 Å². The molecule has 0 atom stereocenters. The van der Waals surface area contributed by atoms with Crippen LogP contribution in [0.3, 0.4) is 0 Å². The van der Waals surface area contributed by atoms with Crippen LogP contribution in [0.5, 0.6) is 5.75 Å². The van der Waals surface area contributed by atoms with Gasteiger partial charge in [0, 0.05) is 69.4 Å². The molecule has 0 unspecified atom stereocenters. The third-order valence-corrected chi connectivity index (χ3v) is 10.7. The minimum Gasteiger partial charge on any atom is -0.494 e. The number of hydrogen-bond acceptors (Lipinski definition) is 10. The summed E-state index contributed by atoms with van der Waals surface area (Å²) in [5.74, 6) is 1.52. The van der Waals surface area contributed by atoms with Gasteiger partial charge in [-0.1, -0.05) is 37.1 Å². The molecule has 2 aliphatic rings. The summed E-state index contributed by atoms with van der Waals surface area (Å²) < 4.78 is 18.6. The number of rotatable bonds is 14. The zero-order chi connectivity index (χ0) is 32.5. The van der Waals surface area contributed by atoms with Gasteiger partial charge in [0.1, 0.15) is 17.9 Å². The van der Waals surface area contributed by atoms with E-state index in [9.17, 15) is 4.57 Å². The van der Waals surface area contributed by atoms with Crippen LogP contribution < -0.4 is 25.6 Å². The Morgan fingerprint density at radius 1 is 0.848 bits per heavy atom. The fourth-order valence-corrected chi connectivity index (χ4v) is 7.45. The summed E-state index contributed by atoms with van der Waals surface area (Å²) in [6.45, 7) is 18.4. The van der Waals surface area contributed by atoms with Crippen LogP contribution in [0.15, 0.2) is 48.7 Å². The van der Waals surface area contributed by atoms with Crippen LogP contribution >= 0.6 is 18.7 Å². The Labute approximate surface area is 279 Å². The van der Waals surface area contributed by atoms with E-state index in [-0.39, 0.29) is 0 Å². The predicted octanol–water partition coefficient (Wildman–Crippen LogP) is 5.80. The van der Waals surface area contributed by atoms with Crippen molar-refractivity contribution in [1.29, 1.82) is 0 Å². The lowest BCUT2D eigenvalue weighted by Crippen LogP contribution is -2.48. The molecule has 0 aliphatic carbocycles. The second kappa shape index (κ2) is 16.3. The molecule has 0 spiro atoms. The van der Waals surface area contributed by atoms with Crippen LogP contribution in [0.4, 0.5) is 28.8 Å². The van der Waals surface area contributed by atoms with Crippen molar-refractivity contribution < 1.29 is 9.30 Å². The molecule has 1 aromatic heterocycles. The highest BCUT2D eigenvalue weighted by Crippen LogP contribution is 2.39. The van der Waals surface area contributed by atoms with Gasteiger partial charge in [0.25, 0.3) is 0 Å². The lowest BCUT2D eigenvalue weighted by atomic mass is 10.2. The van der Waals surface area contributed by atoms with Crippen molar-refractivity contribution >= 4 is 52.9 Å². The van der Waals surface area contributed by atoms with Gasteiger partial charge in [-0.15, -0.1) is 0 Å². The number of halogens is 1. The summed E-state index contributed by atoms with van der Waals surface area (Å²) >= 11 is 6.45. The SMILES string of the molecule is CCCCN1CCN(CCCN2CCN(c3ccc(Nc4ncc(Cl)c(Nc5ccccc5P(C)(C)=O)n4)c(OC)c3)CC2)CC1. The number of aromatic nitrogens is 2. The van der Waals surface area contributed by atoms with Crippen LogP contribution in [0.2, 0.25) is 5.02 Å². The average Bonchev–Trinajstić information content (AvgIpc) is 3.06. The van der Waals surface area contributed by atoms with Crippen molar-refractivity contribution in [2.75, 3.05) is 108 Å². The van der Waals surface area contributed by atoms with Gasteiger partial charge in [0.2, 0.25) is 5.95 Å². The molecule has 12 heteroatoms. The molecule has 3 aromatic rings. The number of anilines is 5. The van der Waals surface area contributed by atoms with Gasteiger partial charge >= 0.3 is 0 Å². The highest BCUT2D eigenvalue weighted by Gasteiger charge is 2.21. The zero-order valence-corrected chi connectivity index (χ0v) is 29.5. The molecular weight excluding hydrogens is 619 g/mol. The van der Waals surface area contributed by atoms with Gasteiger partial charge in [-0.2, -0.15) is 4.98 Å². The summed E-state index contributed by atoms with van der Waals surface area (Å²) in [5, 5.41) is 7.64. The molecule has 0 saturated carbocycles. The monoisotopic (exact) mass is 668 g/mol. The largest absolute Gasteiger partial charge is 0.494 e. The molecule has 5 rings (SSSR count). The highest BCUT2D eigenvalue weighted by molar-refractivity contribution is 7.70. The maximum atomic E-state index is 12.8. The fourth-order valence-electron chi connectivity index (χ4n) is 6.16. The number of methoxy groups -OCH3 is 1. The minimum atomic E-state index is -2.51. The minimum absolute atomic E-state index is 0.365. The Bertz CT molecular complexity index is 1470. The summed E-state index contributed by atoms with van der Waals surface area (Å²) in [6, 6.07) is 13.7. The Kier molecular flexibility index (Phi) is 12.2. The van der Waals surface area contributed by atoms with E-state index < -0.39 is 7.14 Å². The Morgan fingerprint density at radius 3 is 2.11 bits per heavy atom. The van der Waals surface area contributed by atoms with E-state index in [0.717, 1.165) is 49.4 Å². The number of nitrogens with zero attached hydrogens (tertiary/aromatic N) is 6. The molecule has 10 nitrogen and oxygen atoms in total. The summed E-state index contributed by atoms with van der Waals surface area (Å²) in [5.41, 5.74) is 2.61. The lowest BCUT2D eigenvalue weighted by molar-refractivity contribution is 0.125. The lowest BCUT2D eigenvalue weighted by Gasteiger charge is -2.37. The van der Waals surface area contributed by atoms with Gasteiger partial charge in [-0.05, 0) is 70.1 Å². The first-order valence-corrected chi connectivity index (χ1v) is 19.5. The third-order valence-electron chi connectivity index (χ3n) is 8.89. The van der Waals surface area contributed by atoms with Crippen LogP contribution in [0.1, 0.15) is 26.2 Å². The quantitative estimate of drug-likeness (QED) is 0.206. The Hall–Kier alpha value is -2.88. The smallest absolute Gasteiger partial charge is 0.229 e. The predicted molar refractivity (Wildman–Crippen MR) is 193 cm³/mol. The van der Waals surface area contributed by atoms with E-state index in [2.05, 4.69) is 59.3 Å². The molecule has 0 amide bonds. The van der Waals surface area contributed by atoms with Crippen LogP contribution in [0.25, 0.3) is 0 Å². The van der Waals surface area contributed by atoms with E-state index in [0.29, 0.717) is 28.2 Å². The molecule has 2 aliphatic heterocycles. The van der Waals surface area contributed by atoms with Gasteiger partial charge in [-0.25, -0.2) is 4.98 Å². The Balaban J connectivity index is 1.13. The second-order valence-electron chi connectivity index (χ2n) is 12.6. The van der Waals surface area contributed by atoms with Crippen LogP contribution in [-0.4, -0.2) is 117 Å². The van der Waals surface area contributed by atoms with Gasteiger partial charge in [-0.3, -0.25) is 4.90 Å². The van der Waals surface area contributed by atoms with Crippen molar-refractivity contribution in [3.05, 3.63) is 53.7 Å². The molecule has 250 valence electrons. The first kappa shape index (κ1) is 34.5. The summed E-state index contributed by atoms with van der Waals surface area (Å²) in [7, 11) is -0.837. The van der Waals surface area contributed by atoms with Gasteiger partial charge in [0.05, 0.1) is 24.7 Å². The van der Waals surface area contributed by atoms with Gasteiger partial charge < -0.3 is 34.6 Å². The number of hydrogen-bond donors (Lipinski definition) is 2. The number of piperazine rings is 2. The number of ether oxygens (including phenoxy) is 1. The summed E-state index contributed by atoms with van der Waals surface area (Å²) in [6.07, 6.45) is 5.38. The maximum Gasteiger partial charge on any atom is 0.229 e. The maximum absolute atomic E-state index is 12.8. The molecule has 2 fully saturated rings. The first-order valence-electron chi connectivity index (χ1n) is 16.5. The number of nitrogens with one attached hydrogen (secondary N) is 2. The highest BCUT2D eigenvalue weighted by atomic mass is 35.5. The van der Waals surface area contributed by atoms with Crippen molar-refractivity contribution in [1.82, 2.24) is 24.7 Å². The molecule has 3 heterocycles. The average molecular weight is 669 g/mol. The standard InChI is InChI=1S/C34H50ClN8O2P/c1-5-6-14-40-17-19-41(20-18-40)15-9-16-42-21-23-43(24-22-42)27-12-13-29(31(25-27)45-2)38-34-36-26-28(35)33(39-34)37-30-10-7-8-11-32(30)46(3,4)44/h7-8,10-13,25-26H,5-6,9,14-24H2,1-4H3,(H2,36,37,38,39). The Morgan fingerprint density at radius 2 is 1.48 bits per heavy atom.